The number of alkyl halides is 2. The van der Waals surface area contributed by atoms with Gasteiger partial charge in [-0.3, -0.25) is 14.4 Å². The maximum Gasteiger partial charge on any atom is 0.387 e. The van der Waals surface area contributed by atoms with Gasteiger partial charge in [-0.25, -0.2) is 0 Å². The van der Waals surface area contributed by atoms with Crippen LogP contribution in [-0.4, -0.2) is 65.4 Å². The molecule has 1 saturated heterocycles. The van der Waals surface area contributed by atoms with Crippen molar-refractivity contribution in [3.05, 3.63) is 53.3 Å². The van der Waals surface area contributed by atoms with Crippen LogP contribution in [0, 0.1) is 0 Å². The summed E-state index contributed by atoms with van der Waals surface area (Å²) in [6, 6.07) is 7.60. The van der Waals surface area contributed by atoms with Crippen LogP contribution in [0.2, 0.25) is 0 Å². The summed E-state index contributed by atoms with van der Waals surface area (Å²) in [5, 5.41) is 2.46. The lowest BCUT2D eigenvalue weighted by Crippen LogP contribution is -2.39. The monoisotopic (exact) mass is 448 g/mol. The standard InChI is InChI=1S/C22H26F2N4O4/c1-25-19(29)14-28(13-15-7-3-4-8-18(15)32-22(23)24)20(30)16-11-17(26(2)12-16)21(31)27-9-5-6-10-27/h3-4,7-8,11-12,22H,5-6,9-10,13-14H2,1-2H3,(H,25,29). The Morgan fingerprint density at radius 2 is 1.88 bits per heavy atom. The van der Waals surface area contributed by atoms with E-state index in [4.69, 9.17) is 0 Å². The summed E-state index contributed by atoms with van der Waals surface area (Å²) in [7, 11) is 3.11. The molecule has 32 heavy (non-hydrogen) atoms. The molecule has 172 valence electrons. The van der Waals surface area contributed by atoms with Crippen LogP contribution in [0.15, 0.2) is 36.5 Å². The third kappa shape index (κ3) is 5.43. The summed E-state index contributed by atoms with van der Waals surface area (Å²) < 4.78 is 31.7. The van der Waals surface area contributed by atoms with Gasteiger partial charge in [0.2, 0.25) is 5.91 Å². The number of likely N-dealkylation sites (tertiary alicyclic amines) is 1. The quantitative estimate of drug-likeness (QED) is 0.672. The number of carbonyl (C=O) groups excluding carboxylic acids is 3. The van der Waals surface area contributed by atoms with Gasteiger partial charge in [0.25, 0.3) is 11.8 Å². The van der Waals surface area contributed by atoms with Crippen molar-refractivity contribution >= 4 is 17.7 Å². The van der Waals surface area contributed by atoms with E-state index in [1.165, 1.54) is 30.3 Å². The van der Waals surface area contributed by atoms with Crippen molar-refractivity contribution < 1.29 is 27.9 Å². The second-order valence-electron chi connectivity index (χ2n) is 7.54. The molecule has 10 heteroatoms. The number of para-hydroxylation sites is 1. The molecule has 0 spiro atoms. The lowest BCUT2D eigenvalue weighted by molar-refractivity contribution is -0.121. The van der Waals surface area contributed by atoms with Crippen molar-refractivity contribution in [2.75, 3.05) is 26.7 Å². The van der Waals surface area contributed by atoms with E-state index in [9.17, 15) is 23.2 Å². The van der Waals surface area contributed by atoms with E-state index in [0.717, 1.165) is 12.8 Å². The normalized spacial score (nSPS) is 13.3. The van der Waals surface area contributed by atoms with Crippen molar-refractivity contribution in [1.29, 1.82) is 0 Å². The molecule has 0 bridgehead atoms. The van der Waals surface area contributed by atoms with Crippen molar-refractivity contribution in [1.82, 2.24) is 19.7 Å². The average Bonchev–Trinajstić information content (AvgIpc) is 3.43. The van der Waals surface area contributed by atoms with E-state index < -0.39 is 18.4 Å². The lowest BCUT2D eigenvalue weighted by Gasteiger charge is -2.23. The van der Waals surface area contributed by atoms with Gasteiger partial charge in [-0.1, -0.05) is 18.2 Å². The summed E-state index contributed by atoms with van der Waals surface area (Å²) in [5.74, 6) is -1.15. The summed E-state index contributed by atoms with van der Waals surface area (Å²) in [6.45, 7) is -2.08. The molecule has 8 nitrogen and oxygen atoms in total. The molecule has 0 saturated carbocycles. The Morgan fingerprint density at radius 1 is 1.19 bits per heavy atom. The van der Waals surface area contributed by atoms with Crippen molar-refractivity contribution in [3.8, 4) is 5.75 Å². The number of amides is 3. The van der Waals surface area contributed by atoms with E-state index >= 15 is 0 Å². The number of carbonyl (C=O) groups is 3. The van der Waals surface area contributed by atoms with Crippen LogP contribution in [-0.2, 0) is 18.4 Å². The highest BCUT2D eigenvalue weighted by Gasteiger charge is 2.26. The van der Waals surface area contributed by atoms with Crippen molar-refractivity contribution in [2.24, 2.45) is 7.05 Å². The van der Waals surface area contributed by atoms with Crippen LogP contribution in [0.3, 0.4) is 0 Å². The number of nitrogens with one attached hydrogen (secondary N) is 1. The highest BCUT2D eigenvalue weighted by molar-refractivity contribution is 6.00. The Balaban J connectivity index is 1.86. The predicted molar refractivity (Wildman–Crippen MR) is 112 cm³/mol. The smallest absolute Gasteiger partial charge is 0.387 e. The molecule has 1 aromatic heterocycles. The van der Waals surface area contributed by atoms with Crippen molar-refractivity contribution in [3.63, 3.8) is 0 Å². The van der Waals surface area contributed by atoms with E-state index in [2.05, 4.69) is 10.1 Å². The molecule has 3 rings (SSSR count). The molecule has 2 aromatic rings. The van der Waals surface area contributed by atoms with E-state index in [1.807, 2.05) is 0 Å². The zero-order chi connectivity index (χ0) is 23.3. The predicted octanol–water partition coefficient (Wildman–Crippen LogP) is 2.25. The fraction of sp³-hybridized carbons (Fsp3) is 0.409. The van der Waals surface area contributed by atoms with Gasteiger partial charge >= 0.3 is 6.61 Å². The molecule has 0 atom stereocenters. The Kier molecular flexibility index (Phi) is 7.45. The fourth-order valence-corrected chi connectivity index (χ4v) is 3.66. The van der Waals surface area contributed by atoms with Gasteiger partial charge in [-0.15, -0.1) is 0 Å². The number of likely N-dealkylation sites (N-methyl/N-ethyl adjacent to an activating group) is 1. The summed E-state index contributed by atoms with van der Waals surface area (Å²) >= 11 is 0. The number of benzene rings is 1. The number of hydrogen-bond acceptors (Lipinski definition) is 4. The van der Waals surface area contributed by atoms with Gasteiger partial charge in [0.05, 0.1) is 12.1 Å². The zero-order valence-electron chi connectivity index (χ0n) is 18.0. The Labute approximate surface area is 184 Å². The largest absolute Gasteiger partial charge is 0.434 e. The van der Waals surface area contributed by atoms with E-state index in [0.29, 0.717) is 24.3 Å². The lowest BCUT2D eigenvalue weighted by atomic mass is 10.1. The minimum atomic E-state index is -3.02. The molecule has 1 aliphatic rings. The first-order valence-electron chi connectivity index (χ1n) is 10.3. The molecular formula is C22H26F2N4O4. The molecule has 3 amide bonds. The highest BCUT2D eigenvalue weighted by Crippen LogP contribution is 2.23. The Bertz CT molecular complexity index is 986. The maximum absolute atomic E-state index is 13.3. The molecule has 0 unspecified atom stereocenters. The number of nitrogens with zero attached hydrogens (tertiary/aromatic N) is 3. The first-order valence-corrected chi connectivity index (χ1v) is 10.3. The molecule has 0 aliphatic carbocycles. The molecular weight excluding hydrogens is 422 g/mol. The van der Waals surface area contributed by atoms with Crippen LogP contribution in [0.1, 0.15) is 39.3 Å². The summed E-state index contributed by atoms with van der Waals surface area (Å²) in [4.78, 5) is 41.0. The van der Waals surface area contributed by atoms with Crippen LogP contribution in [0.25, 0.3) is 0 Å². The molecule has 0 radical (unpaired) electrons. The number of ether oxygens (including phenoxy) is 1. The van der Waals surface area contributed by atoms with Gasteiger partial charge in [-0.05, 0) is 25.0 Å². The Hall–Kier alpha value is -3.43. The second-order valence-corrected chi connectivity index (χ2v) is 7.54. The minimum absolute atomic E-state index is 0.0739. The minimum Gasteiger partial charge on any atom is -0.434 e. The second kappa shape index (κ2) is 10.3. The van der Waals surface area contributed by atoms with Gasteiger partial charge < -0.3 is 24.4 Å². The van der Waals surface area contributed by atoms with Gasteiger partial charge in [-0.2, -0.15) is 8.78 Å². The summed E-state index contributed by atoms with van der Waals surface area (Å²) in [5.41, 5.74) is 0.928. The number of aryl methyl sites for hydroxylation is 1. The first-order chi connectivity index (χ1) is 15.3. The zero-order valence-corrected chi connectivity index (χ0v) is 18.0. The molecule has 1 fully saturated rings. The highest BCUT2D eigenvalue weighted by atomic mass is 19.3. The van der Waals surface area contributed by atoms with Crippen LogP contribution >= 0.6 is 0 Å². The van der Waals surface area contributed by atoms with E-state index in [-0.39, 0.29) is 30.3 Å². The van der Waals surface area contributed by atoms with Crippen LogP contribution < -0.4 is 10.1 Å². The number of rotatable bonds is 8. The molecule has 2 heterocycles. The third-order valence-corrected chi connectivity index (χ3v) is 5.31. The van der Waals surface area contributed by atoms with Gasteiger partial charge in [0, 0.05) is 38.9 Å². The SMILES string of the molecule is CNC(=O)CN(Cc1ccccc1OC(F)F)C(=O)c1cc(C(=O)N2CCCC2)n(C)c1. The Morgan fingerprint density at radius 3 is 2.53 bits per heavy atom. The number of halogens is 2. The number of aromatic nitrogens is 1. The fourth-order valence-electron chi connectivity index (χ4n) is 3.66. The third-order valence-electron chi connectivity index (χ3n) is 5.31. The number of hydrogen-bond donors (Lipinski definition) is 1. The van der Waals surface area contributed by atoms with Crippen molar-refractivity contribution in [2.45, 2.75) is 26.0 Å². The topological polar surface area (TPSA) is 83.9 Å². The molecule has 1 aliphatic heterocycles. The average molecular weight is 448 g/mol. The van der Waals surface area contributed by atoms with Gasteiger partial charge in [0.1, 0.15) is 18.0 Å². The first kappa shape index (κ1) is 23.2. The molecule has 1 aromatic carbocycles. The summed E-state index contributed by atoms with van der Waals surface area (Å²) in [6.07, 6.45) is 3.42. The van der Waals surface area contributed by atoms with E-state index in [1.54, 1.807) is 34.7 Å². The molecule has 1 N–H and O–H groups in total. The van der Waals surface area contributed by atoms with Gasteiger partial charge in [0.15, 0.2) is 0 Å². The van der Waals surface area contributed by atoms with Crippen LogP contribution in [0.5, 0.6) is 5.75 Å². The van der Waals surface area contributed by atoms with Crippen LogP contribution in [0.4, 0.5) is 8.78 Å². The maximum atomic E-state index is 13.3.